The van der Waals surface area contributed by atoms with Crippen LogP contribution in [0.3, 0.4) is 0 Å². The van der Waals surface area contributed by atoms with Gasteiger partial charge in [-0.05, 0) is 37.1 Å². The van der Waals surface area contributed by atoms with Crippen LogP contribution in [-0.4, -0.2) is 41.7 Å². The monoisotopic (exact) mass is 378 g/mol. The number of benzene rings is 1. The highest BCUT2D eigenvalue weighted by molar-refractivity contribution is 9.10. The Labute approximate surface area is 143 Å². The minimum absolute atomic E-state index is 0.0243. The molecule has 4 rings (SSSR count). The fourth-order valence-corrected chi connectivity index (χ4v) is 3.54. The number of nitrogens with zero attached hydrogens (tertiary/aromatic N) is 1. The van der Waals surface area contributed by atoms with E-state index in [1.165, 1.54) is 12.8 Å². The van der Waals surface area contributed by atoms with Gasteiger partial charge in [0.2, 0.25) is 5.91 Å². The lowest BCUT2D eigenvalue weighted by Gasteiger charge is -2.27. The molecule has 0 radical (unpaired) electrons. The Morgan fingerprint density at radius 1 is 1.26 bits per heavy atom. The van der Waals surface area contributed by atoms with Crippen LogP contribution >= 0.6 is 15.9 Å². The number of ether oxygens (including phenoxy) is 1. The molecule has 6 nitrogen and oxygen atoms in total. The number of hydrogen-bond donors (Lipinski definition) is 3. The molecule has 23 heavy (non-hydrogen) atoms. The quantitative estimate of drug-likeness (QED) is 0.678. The van der Waals surface area contributed by atoms with E-state index in [0.717, 1.165) is 30.2 Å². The topological polar surface area (TPSA) is 74.8 Å². The highest BCUT2D eigenvalue weighted by atomic mass is 79.9. The number of rotatable bonds is 5. The molecule has 2 unspecified atom stereocenters. The lowest BCUT2D eigenvalue weighted by Crippen LogP contribution is -2.50. The molecule has 1 aliphatic carbocycles. The number of amides is 1. The van der Waals surface area contributed by atoms with Gasteiger partial charge in [-0.3, -0.25) is 10.2 Å². The first-order valence-corrected chi connectivity index (χ1v) is 8.87. The Balaban J connectivity index is 1.33. The van der Waals surface area contributed by atoms with Crippen molar-refractivity contribution in [2.24, 2.45) is 11.0 Å². The summed E-state index contributed by atoms with van der Waals surface area (Å²) in [6.45, 7) is 1.78. The third-order valence-electron chi connectivity index (χ3n) is 4.35. The van der Waals surface area contributed by atoms with Gasteiger partial charge in [-0.15, -0.1) is 0 Å². The summed E-state index contributed by atoms with van der Waals surface area (Å²) in [5.74, 6) is 1.29. The summed E-state index contributed by atoms with van der Waals surface area (Å²) in [5.41, 5.74) is 4.78. The number of halogens is 1. The van der Waals surface area contributed by atoms with E-state index in [0.29, 0.717) is 5.92 Å². The van der Waals surface area contributed by atoms with Gasteiger partial charge in [0.1, 0.15) is 17.9 Å². The van der Waals surface area contributed by atoms with Crippen molar-refractivity contribution in [3.05, 3.63) is 24.3 Å². The maximum absolute atomic E-state index is 12.4. The van der Waals surface area contributed by atoms with Crippen LogP contribution in [0.15, 0.2) is 29.4 Å². The number of carbonyl (C=O) groups is 1. The molecule has 0 bridgehead atoms. The molecular weight excluding hydrogens is 360 g/mol. The predicted molar refractivity (Wildman–Crippen MR) is 92.2 cm³/mol. The molecule has 2 atom stereocenters. The summed E-state index contributed by atoms with van der Waals surface area (Å²) >= 11 is 3.60. The average Bonchev–Trinajstić information content (AvgIpc) is 3.27. The maximum Gasteiger partial charge on any atom is 0.250 e. The molecular formula is C16H19BrN4O2. The lowest BCUT2D eigenvalue weighted by molar-refractivity contribution is -0.117. The summed E-state index contributed by atoms with van der Waals surface area (Å²) in [4.78, 5) is 12.4. The number of anilines is 1. The van der Waals surface area contributed by atoms with Gasteiger partial charge in [0.15, 0.2) is 0 Å². The molecule has 1 aromatic carbocycles. The number of alkyl halides is 1. The summed E-state index contributed by atoms with van der Waals surface area (Å²) in [6.07, 6.45) is 2.61. The fourth-order valence-electron chi connectivity index (χ4n) is 2.70. The highest BCUT2D eigenvalue weighted by Crippen LogP contribution is 2.36. The van der Waals surface area contributed by atoms with E-state index < -0.39 is 0 Å². The van der Waals surface area contributed by atoms with Crippen LogP contribution in [0, 0.1) is 5.92 Å². The van der Waals surface area contributed by atoms with Crippen molar-refractivity contribution in [1.29, 1.82) is 0 Å². The van der Waals surface area contributed by atoms with E-state index in [4.69, 9.17) is 4.74 Å². The first-order valence-electron chi connectivity index (χ1n) is 7.96. The zero-order valence-electron chi connectivity index (χ0n) is 12.6. The second kappa shape index (κ2) is 6.13. The van der Waals surface area contributed by atoms with Gasteiger partial charge in [0, 0.05) is 24.7 Å². The minimum atomic E-state index is -0.359. The summed E-state index contributed by atoms with van der Waals surface area (Å²) in [5, 5.41) is 10.4. The molecule has 1 amide bonds. The standard InChI is InChI=1S/C16H19BrN4O2/c17-13-14(9-1-2-9)20-21-15(13)16(22)19-10-3-5-11(6-4-10)23-12-7-18-8-12/h3-6,9,12-13,15,18,21H,1-2,7-8H2,(H,19,22). The third-order valence-corrected chi connectivity index (χ3v) is 5.35. The van der Waals surface area contributed by atoms with Gasteiger partial charge in [-0.2, -0.15) is 5.10 Å². The number of hydrazone groups is 1. The lowest BCUT2D eigenvalue weighted by atomic mass is 10.1. The van der Waals surface area contributed by atoms with E-state index in [2.05, 4.69) is 37.1 Å². The minimum Gasteiger partial charge on any atom is -0.488 e. The molecule has 122 valence electrons. The second-order valence-corrected chi connectivity index (χ2v) is 7.22. The third kappa shape index (κ3) is 3.21. The van der Waals surface area contributed by atoms with Gasteiger partial charge in [0.25, 0.3) is 0 Å². The Bertz CT molecular complexity index is 625. The smallest absolute Gasteiger partial charge is 0.250 e. The molecule has 2 aliphatic heterocycles. The molecule has 2 heterocycles. The van der Waals surface area contributed by atoms with Crippen LogP contribution in [0.1, 0.15) is 12.8 Å². The van der Waals surface area contributed by atoms with Gasteiger partial charge < -0.3 is 15.4 Å². The Kier molecular flexibility index (Phi) is 3.98. The molecule has 3 aliphatic rings. The van der Waals surface area contributed by atoms with Gasteiger partial charge in [-0.1, -0.05) is 15.9 Å². The molecule has 1 saturated heterocycles. The van der Waals surface area contributed by atoms with E-state index in [1.54, 1.807) is 0 Å². The van der Waals surface area contributed by atoms with E-state index >= 15 is 0 Å². The van der Waals surface area contributed by atoms with Crippen LogP contribution in [0.25, 0.3) is 0 Å². The van der Waals surface area contributed by atoms with E-state index in [1.807, 2.05) is 24.3 Å². The van der Waals surface area contributed by atoms with Crippen LogP contribution in [-0.2, 0) is 4.79 Å². The molecule has 7 heteroatoms. The van der Waals surface area contributed by atoms with Crippen LogP contribution < -0.4 is 20.8 Å². The average molecular weight is 379 g/mol. The molecule has 2 fully saturated rings. The summed E-state index contributed by atoms with van der Waals surface area (Å²) in [6, 6.07) is 7.13. The number of hydrogen-bond acceptors (Lipinski definition) is 5. The van der Waals surface area contributed by atoms with Crippen molar-refractivity contribution in [3.8, 4) is 5.75 Å². The summed E-state index contributed by atoms with van der Waals surface area (Å²) < 4.78 is 5.76. The van der Waals surface area contributed by atoms with Crippen molar-refractivity contribution in [3.63, 3.8) is 0 Å². The van der Waals surface area contributed by atoms with Gasteiger partial charge in [0.05, 0.1) is 10.5 Å². The summed E-state index contributed by atoms with van der Waals surface area (Å²) in [7, 11) is 0. The predicted octanol–water partition coefficient (Wildman–Crippen LogP) is 1.48. The van der Waals surface area contributed by atoms with Crippen molar-refractivity contribution in [1.82, 2.24) is 10.7 Å². The zero-order chi connectivity index (χ0) is 15.8. The Hall–Kier alpha value is -1.60. The zero-order valence-corrected chi connectivity index (χ0v) is 14.2. The van der Waals surface area contributed by atoms with Crippen molar-refractivity contribution in [2.45, 2.75) is 29.8 Å². The number of carbonyl (C=O) groups excluding carboxylic acids is 1. The highest BCUT2D eigenvalue weighted by Gasteiger charge is 2.41. The van der Waals surface area contributed by atoms with Gasteiger partial charge in [-0.25, -0.2) is 0 Å². The molecule has 1 aromatic rings. The maximum atomic E-state index is 12.4. The fraction of sp³-hybridized carbons (Fsp3) is 0.500. The first-order chi connectivity index (χ1) is 11.2. The van der Waals surface area contributed by atoms with Crippen LogP contribution in [0.5, 0.6) is 5.75 Å². The first kappa shape index (κ1) is 15.0. The van der Waals surface area contributed by atoms with Crippen molar-refractivity contribution in [2.75, 3.05) is 18.4 Å². The largest absolute Gasteiger partial charge is 0.488 e. The second-order valence-electron chi connectivity index (χ2n) is 6.23. The molecule has 3 N–H and O–H groups in total. The number of nitrogens with one attached hydrogen (secondary N) is 3. The Morgan fingerprint density at radius 2 is 2.00 bits per heavy atom. The molecule has 0 spiro atoms. The van der Waals surface area contributed by atoms with Crippen LogP contribution in [0.2, 0.25) is 0 Å². The van der Waals surface area contributed by atoms with Crippen molar-refractivity contribution >= 4 is 33.2 Å². The van der Waals surface area contributed by atoms with Crippen molar-refractivity contribution < 1.29 is 9.53 Å². The van der Waals surface area contributed by atoms with Gasteiger partial charge >= 0.3 is 0 Å². The van der Waals surface area contributed by atoms with E-state index in [-0.39, 0.29) is 22.9 Å². The molecule has 0 aromatic heterocycles. The molecule has 1 saturated carbocycles. The SMILES string of the molecule is O=C(Nc1ccc(OC2CNC2)cc1)C1NN=C(C2CC2)C1Br. The van der Waals surface area contributed by atoms with Crippen LogP contribution in [0.4, 0.5) is 5.69 Å². The Morgan fingerprint density at radius 3 is 2.61 bits per heavy atom. The van der Waals surface area contributed by atoms with E-state index in [9.17, 15) is 4.79 Å². The normalized spacial score (nSPS) is 26.9.